The summed E-state index contributed by atoms with van der Waals surface area (Å²) in [5.41, 5.74) is 1.06. The van der Waals surface area contributed by atoms with Crippen molar-refractivity contribution in [2.45, 2.75) is 13.1 Å². The molecule has 7 heteroatoms. The SMILES string of the molecule is COc1nc(N(C)C)sc1CNCc1ccn[nH]1. The van der Waals surface area contributed by atoms with Gasteiger partial charge >= 0.3 is 0 Å². The van der Waals surface area contributed by atoms with Crippen LogP contribution in [0.3, 0.4) is 0 Å². The summed E-state index contributed by atoms with van der Waals surface area (Å²) in [5.74, 6) is 0.695. The minimum Gasteiger partial charge on any atom is -0.480 e. The summed E-state index contributed by atoms with van der Waals surface area (Å²) in [6.07, 6.45) is 1.74. The third kappa shape index (κ3) is 2.99. The number of anilines is 1. The lowest BCUT2D eigenvalue weighted by atomic mass is 10.4. The summed E-state index contributed by atoms with van der Waals surface area (Å²) in [7, 11) is 5.59. The van der Waals surface area contributed by atoms with E-state index in [9.17, 15) is 0 Å². The summed E-state index contributed by atoms with van der Waals surface area (Å²) < 4.78 is 5.28. The maximum Gasteiger partial charge on any atom is 0.230 e. The minimum absolute atomic E-state index is 0.695. The molecule has 0 radical (unpaired) electrons. The van der Waals surface area contributed by atoms with Crippen molar-refractivity contribution in [3.63, 3.8) is 0 Å². The number of hydrogen-bond acceptors (Lipinski definition) is 6. The molecule has 2 N–H and O–H groups in total. The van der Waals surface area contributed by atoms with E-state index in [1.807, 2.05) is 25.1 Å². The molecule has 18 heavy (non-hydrogen) atoms. The normalized spacial score (nSPS) is 10.6. The van der Waals surface area contributed by atoms with Crippen molar-refractivity contribution >= 4 is 16.5 Å². The Bertz CT molecular complexity index is 480. The first-order valence-corrected chi connectivity index (χ1v) is 6.42. The number of hydrogen-bond donors (Lipinski definition) is 2. The predicted molar refractivity (Wildman–Crippen MR) is 72.1 cm³/mol. The average molecular weight is 267 g/mol. The summed E-state index contributed by atoms with van der Waals surface area (Å²) in [5, 5.41) is 11.1. The monoisotopic (exact) mass is 267 g/mol. The summed E-state index contributed by atoms with van der Waals surface area (Å²) in [6.45, 7) is 1.48. The van der Waals surface area contributed by atoms with Crippen molar-refractivity contribution in [1.29, 1.82) is 0 Å². The first-order valence-electron chi connectivity index (χ1n) is 5.60. The van der Waals surface area contributed by atoms with Crippen molar-refractivity contribution in [2.24, 2.45) is 0 Å². The number of aromatic nitrogens is 3. The van der Waals surface area contributed by atoms with Crippen molar-refractivity contribution in [3.8, 4) is 5.88 Å². The van der Waals surface area contributed by atoms with E-state index in [0.717, 1.165) is 28.8 Å². The molecular weight excluding hydrogens is 250 g/mol. The summed E-state index contributed by atoms with van der Waals surface area (Å²) in [6, 6.07) is 1.95. The number of H-pyrrole nitrogens is 1. The first kappa shape index (κ1) is 12.8. The number of nitrogens with zero attached hydrogens (tertiary/aromatic N) is 3. The van der Waals surface area contributed by atoms with Gasteiger partial charge in [0, 0.05) is 39.1 Å². The van der Waals surface area contributed by atoms with Gasteiger partial charge in [0.05, 0.1) is 12.0 Å². The molecule has 0 saturated heterocycles. The predicted octanol–water partition coefficient (Wildman–Crippen LogP) is 1.23. The molecular formula is C11H17N5OS. The lowest BCUT2D eigenvalue weighted by Gasteiger charge is -2.05. The Morgan fingerprint density at radius 1 is 1.44 bits per heavy atom. The van der Waals surface area contributed by atoms with E-state index in [1.54, 1.807) is 24.6 Å². The van der Waals surface area contributed by atoms with Gasteiger partial charge in [-0.3, -0.25) is 5.10 Å². The molecule has 0 bridgehead atoms. The third-order valence-corrected chi connectivity index (χ3v) is 3.59. The Balaban J connectivity index is 1.95. The van der Waals surface area contributed by atoms with E-state index in [0.29, 0.717) is 5.88 Å². The van der Waals surface area contributed by atoms with Gasteiger partial charge in [-0.2, -0.15) is 10.1 Å². The highest BCUT2D eigenvalue weighted by Crippen LogP contribution is 2.30. The molecule has 0 atom stereocenters. The maximum atomic E-state index is 5.28. The average Bonchev–Trinajstić information content (AvgIpc) is 2.97. The van der Waals surface area contributed by atoms with Gasteiger partial charge in [0.1, 0.15) is 0 Å². The standard InChI is InChI=1S/C11H17N5OS/c1-16(2)11-14-10(17-3)9(18-11)7-12-6-8-4-5-13-15-8/h4-5,12H,6-7H2,1-3H3,(H,13,15). The van der Waals surface area contributed by atoms with Crippen LogP contribution >= 0.6 is 11.3 Å². The van der Waals surface area contributed by atoms with Crippen LogP contribution in [-0.4, -0.2) is 36.4 Å². The van der Waals surface area contributed by atoms with Gasteiger partial charge in [-0.05, 0) is 6.07 Å². The molecule has 0 unspecified atom stereocenters. The number of thiazole rings is 1. The Kier molecular flexibility index (Phi) is 4.16. The van der Waals surface area contributed by atoms with Crippen molar-refractivity contribution in [2.75, 3.05) is 26.1 Å². The van der Waals surface area contributed by atoms with E-state index >= 15 is 0 Å². The van der Waals surface area contributed by atoms with Crippen LogP contribution in [0.5, 0.6) is 5.88 Å². The van der Waals surface area contributed by atoms with Crippen LogP contribution in [0.15, 0.2) is 12.3 Å². The number of methoxy groups -OCH3 is 1. The van der Waals surface area contributed by atoms with Crippen molar-refractivity contribution < 1.29 is 4.74 Å². The second kappa shape index (κ2) is 5.83. The van der Waals surface area contributed by atoms with Crippen LogP contribution in [-0.2, 0) is 13.1 Å². The van der Waals surface area contributed by atoms with Crippen molar-refractivity contribution in [3.05, 3.63) is 22.8 Å². The fraction of sp³-hybridized carbons (Fsp3) is 0.455. The number of rotatable bonds is 6. The highest BCUT2D eigenvalue weighted by atomic mass is 32.1. The molecule has 2 rings (SSSR count). The molecule has 0 amide bonds. The zero-order valence-electron chi connectivity index (χ0n) is 10.7. The van der Waals surface area contributed by atoms with E-state index in [-0.39, 0.29) is 0 Å². The Labute approximate surface area is 110 Å². The fourth-order valence-electron chi connectivity index (χ4n) is 1.48. The summed E-state index contributed by atoms with van der Waals surface area (Å²) >= 11 is 1.63. The smallest absolute Gasteiger partial charge is 0.230 e. The molecule has 2 aromatic heterocycles. The largest absolute Gasteiger partial charge is 0.480 e. The minimum atomic E-state index is 0.695. The lowest BCUT2D eigenvalue weighted by molar-refractivity contribution is 0.394. The van der Waals surface area contributed by atoms with Crippen LogP contribution in [0.1, 0.15) is 10.6 Å². The molecule has 0 aliphatic heterocycles. The third-order valence-electron chi connectivity index (χ3n) is 2.39. The van der Waals surface area contributed by atoms with Crippen LogP contribution in [0.25, 0.3) is 0 Å². The zero-order valence-corrected chi connectivity index (χ0v) is 11.5. The van der Waals surface area contributed by atoms with Crippen LogP contribution in [0, 0.1) is 0 Å². The second-order valence-corrected chi connectivity index (χ2v) is 5.07. The molecule has 2 heterocycles. The topological polar surface area (TPSA) is 66.1 Å². The van der Waals surface area contributed by atoms with E-state index in [4.69, 9.17) is 4.74 Å². The van der Waals surface area contributed by atoms with E-state index < -0.39 is 0 Å². The van der Waals surface area contributed by atoms with Gasteiger partial charge in [-0.15, -0.1) is 0 Å². The van der Waals surface area contributed by atoms with Gasteiger partial charge < -0.3 is 15.0 Å². The lowest BCUT2D eigenvalue weighted by Crippen LogP contribution is -2.12. The van der Waals surface area contributed by atoms with Crippen LogP contribution in [0.4, 0.5) is 5.13 Å². The van der Waals surface area contributed by atoms with Gasteiger partial charge in [0.15, 0.2) is 5.13 Å². The number of aromatic amines is 1. The highest BCUT2D eigenvalue weighted by molar-refractivity contribution is 7.15. The zero-order chi connectivity index (χ0) is 13.0. The van der Waals surface area contributed by atoms with Crippen LogP contribution < -0.4 is 15.0 Å². The highest BCUT2D eigenvalue weighted by Gasteiger charge is 2.12. The van der Waals surface area contributed by atoms with Gasteiger partial charge in [-0.1, -0.05) is 11.3 Å². The molecule has 0 saturated carbocycles. The Morgan fingerprint density at radius 2 is 2.28 bits per heavy atom. The molecule has 2 aromatic rings. The molecule has 0 aliphatic rings. The first-order chi connectivity index (χ1) is 8.70. The fourth-order valence-corrected chi connectivity index (χ4v) is 2.40. The van der Waals surface area contributed by atoms with E-state index in [2.05, 4.69) is 20.5 Å². The quantitative estimate of drug-likeness (QED) is 0.824. The Morgan fingerprint density at radius 3 is 2.89 bits per heavy atom. The van der Waals surface area contributed by atoms with Gasteiger partial charge in [0.2, 0.25) is 5.88 Å². The Hall–Kier alpha value is -1.60. The van der Waals surface area contributed by atoms with Gasteiger partial charge in [-0.25, -0.2) is 0 Å². The molecule has 0 aromatic carbocycles. The molecule has 0 fully saturated rings. The molecule has 0 spiro atoms. The molecule has 0 aliphatic carbocycles. The van der Waals surface area contributed by atoms with Gasteiger partial charge in [0.25, 0.3) is 0 Å². The number of nitrogens with one attached hydrogen (secondary N) is 2. The molecule has 6 nitrogen and oxygen atoms in total. The number of ether oxygens (including phenoxy) is 1. The van der Waals surface area contributed by atoms with E-state index in [1.165, 1.54) is 0 Å². The van der Waals surface area contributed by atoms with Crippen LogP contribution in [0.2, 0.25) is 0 Å². The van der Waals surface area contributed by atoms with Crippen molar-refractivity contribution in [1.82, 2.24) is 20.5 Å². The maximum absolute atomic E-state index is 5.28. The second-order valence-electron chi connectivity index (χ2n) is 4.01. The summed E-state index contributed by atoms with van der Waals surface area (Å²) in [4.78, 5) is 7.48. The molecule has 98 valence electrons.